The van der Waals surface area contributed by atoms with Crippen LogP contribution in [0.3, 0.4) is 0 Å². The van der Waals surface area contributed by atoms with Gasteiger partial charge in [-0.05, 0) is 18.8 Å². The van der Waals surface area contributed by atoms with Gasteiger partial charge in [-0.25, -0.2) is 0 Å². The number of nitrogens with two attached hydrogens (primary N) is 2. The third-order valence-electron chi connectivity index (χ3n) is 4.12. The topological polar surface area (TPSA) is 98.2 Å². The number of primary amides is 1. The zero-order chi connectivity index (χ0) is 15.3. The first kappa shape index (κ1) is 16.9. The lowest BCUT2D eigenvalue weighted by Crippen LogP contribution is -2.55. The molecule has 0 aliphatic heterocycles. The second kappa shape index (κ2) is 7.02. The Hall–Kier alpha value is -1.17. The fraction of sp³-hybridized carbons (Fsp3) is 0.786. The molecule has 20 heavy (non-hydrogen) atoms. The quantitative estimate of drug-likeness (QED) is 0.525. The van der Waals surface area contributed by atoms with E-state index in [1.165, 1.54) is 0 Å². The van der Waals surface area contributed by atoms with Crippen molar-refractivity contribution in [2.75, 3.05) is 0 Å². The summed E-state index contributed by atoms with van der Waals surface area (Å²) in [5, 5.41) is 2.75. The van der Waals surface area contributed by atoms with Crippen molar-refractivity contribution in [2.24, 2.45) is 22.8 Å². The minimum absolute atomic E-state index is 0.0642. The number of rotatable bonds is 5. The SMILES string of the molecule is CC(C)C(NC(=O)C1(C(N)=S)CCCCCC1)C(N)=O. The van der Waals surface area contributed by atoms with Gasteiger partial charge >= 0.3 is 0 Å². The maximum Gasteiger partial charge on any atom is 0.240 e. The lowest BCUT2D eigenvalue weighted by molar-refractivity contribution is -0.133. The van der Waals surface area contributed by atoms with Crippen molar-refractivity contribution in [3.05, 3.63) is 0 Å². The number of nitrogens with one attached hydrogen (secondary N) is 1. The van der Waals surface area contributed by atoms with Crippen molar-refractivity contribution >= 4 is 29.0 Å². The van der Waals surface area contributed by atoms with Gasteiger partial charge in [0, 0.05) is 0 Å². The molecule has 1 aliphatic carbocycles. The molecule has 1 aliphatic rings. The molecular formula is C14H25N3O2S. The van der Waals surface area contributed by atoms with Crippen molar-refractivity contribution in [3.63, 3.8) is 0 Å². The molecule has 1 atom stereocenters. The summed E-state index contributed by atoms with van der Waals surface area (Å²) < 4.78 is 0. The predicted molar refractivity (Wildman–Crippen MR) is 82.9 cm³/mol. The largest absolute Gasteiger partial charge is 0.392 e. The van der Waals surface area contributed by atoms with Crippen molar-refractivity contribution in [2.45, 2.75) is 58.4 Å². The van der Waals surface area contributed by atoms with Crippen LogP contribution >= 0.6 is 12.2 Å². The second-order valence-corrected chi connectivity index (χ2v) is 6.40. The summed E-state index contributed by atoms with van der Waals surface area (Å²) in [5.74, 6) is -0.838. The van der Waals surface area contributed by atoms with E-state index in [9.17, 15) is 9.59 Å². The summed E-state index contributed by atoms with van der Waals surface area (Å²) in [7, 11) is 0. The number of hydrogen-bond donors (Lipinski definition) is 3. The Balaban J connectivity index is 2.94. The van der Waals surface area contributed by atoms with E-state index in [4.69, 9.17) is 23.7 Å². The van der Waals surface area contributed by atoms with E-state index >= 15 is 0 Å². The second-order valence-electron chi connectivity index (χ2n) is 5.96. The van der Waals surface area contributed by atoms with Crippen molar-refractivity contribution in [1.29, 1.82) is 0 Å². The van der Waals surface area contributed by atoms with Crippen LogP contribution in [0.25, 0.3) is 0 Å². The molecular weight excluding hydrogens is 274 g/mol. The predicted octanol–water partition coefficient (Wildman–Crippen LogP) is 1.24. The van der Waals surface area contributed by atoms with Crippen LogP contribution in [-0.4, -0.2) is 22.8 Å². The van der Waals surface area contributed by atoms with E-state index in [1.54, 1.807) is 0 Å². The fourth-order valence-corrected chi connectivity index (χ4v) is 3.06. The molecule has 1 fully saturated rings. The van der Waals surface area contributed by atoms with Crippen LogP contribution in [0.5, 0.6) is 0 Å². The molecule has 5 N–H and O–H groups in total. The standard InChI is InChI=1S/C14H25N3O2S/c1-9(2)10(11(15)18)17-13(19)14(12(16)20)7-5-3-4-6-8-14/h9-10H,3-8H2,1-2H3,(H2,15,18)(H2,16,20)(H,17,19). The van der Waals surface area contributed by atoms with Crippen molar-refractivity contribution < 1.29 is 9.59 Å². The zero-order valence-electron chi connectivity index (χ0n) is 12.3. The first-order valence-corrected chi connectivity index (χ1v) is 7.62. The van der Waals surface area contributed by atoms with Gasteiger partial charge in [0.15, 0.2) is 0 Å². The number of amides is 2. The van der Waals surface area contributed by atoms with Crippen LogP contribution in [0, 0.1) is 11.3 Å². The molecule has 1 saturated carbocycles. The Morgan fingerprint density at radius 1 is 1.10 bits per heavy atom. The first-order chi connectivity index (χ1) is 9.31. The molecule has 0 aromatic carbocycles. The fourth-order valence-electron chi connectivity index (χ4n) is 2.76. The van der Waals surface area contributed by atoms with E-state index in [0.29, 0.717) is 12.8 Å². The molecule has 0 heterocycles. The number of hydrogen-bond acceptors (Lipinski definition) is 3. The summed E-state index contributed by atoms with van der Waals surface area (Å²) in [6.45, 7) is 3.69. The van der Waals surface area contributed by atoms with Crippen LogP contribution in [0.2, 0.25) is 0 Å². The molecule has 6 heteroatoms. The van der Waals surface area contributed by atoms with Gasteiger partial charge in [-0.3, -0.25) is 9.59 Å². The Bertz CT molecular complexity index is 388. The van der Waals surface area contributed by atoms with Crippen LogP contribution < -0.4 is 16.8 Å². The molecule has 0 aromatic rings. The molecule has 1 unspecified atom stereocenters. The van der Waals surface area contributed by atoms with Gasteiger partial charge in [-0.2, -0.15) is 0 Å². The summed E-state index contributed by atoms with van der Waals surface area (Å²) in [6, 6.07) is -0.683. The Kier molecular flexibility index (Phi) is 5.92. The Morgan fingerprint density at radius 2 is 1.60 bits per heavy atom. The lowest BCUT2D eigenvalue weighted by Gasteiger charge is -2.32. The molecule has 0 aromatic heterocycles. The highest BCUT2D eigenvalue weighted by atomic mass is 32.1. The van der Waals surface area contributed by atoms with E-state index < -0.39 is 17.4 Å². The van der Waals surface area contributed by atoms with Gasteiger partial charge in [-0.15, -0.1) is 0 Å². The zero-order valence-corrected chi connectivity index (χ0v) is 13.1. The van der Waals surface area contributed by atoms with E-state index in [0.717, 1.165) is 25.7 Å². The van der Waals surface area contributed by atoms with Gasteiger partial charge < -0.3 is 16.8 Å². The monoisotopic (exact) mass is 299 g/mol. The highest BCUT2D eigenvalue weighted by molar-refractivity contribution is 7.80. The van der Waals surface area contributed by atoms with Crippen LogP contribution in [0.4, 0.5) is 0 Å². The van der Waals surface area contributed by atoms with Gasteiger partial charge in [-0.1, -0.05) is 51.7 Å². The summed E-state index contributed by atoms with van der Waals surface area (Å²) in [4.78, 5) is 24.3. The minimum atomic E-state index is -0.825. The van der Waals surface area contributed by atoms with Crippen molar-refractivity contribution in [1.82, 2.24) is 5.32 Å². The molecule has 0 spiro atoms. The normalized spacial score (nSPS) is 19.9. The highest BCUT2D eigenvalue weighted by Gasteiger charge is 2.42. The molecule has 0 radical (unpaired) electrons. The van der Waals surface area contributed by atoms with Gasteiger partial charge in [0.2, 0.25) is 11.8 Å². The molecule has 5 nitrogen and oxygen atoms in total. The smallest absolute Gasteiger partial charge is 0.240 e. The van der Waals surface area contributed by atoms with Crippen LogP contribution in [-0.2, 0) is 9.59 Å². The Morgan fingerprint density at radius 3 is 1.95 bits per heavy atom. The summed E-state index contributed by atoms with van der Waals surface area (Å²) >= 11 is 5.15. The molecule has 1 rings (SSSR count). The third kappa shape index (κ3) is 3.69. The summed E-state index contributed by atoms with van der Waals surface area (Å²) in [5.41, 5.74) is 10.4. The third-order valence-corrected chi connectivity index (χ3v) is 4.51. The molecule has 0 saturated heterocycles. The average Bonchev–Trinajstić information content (AvgIpc) is 2.61. The Labute approximate surface area is 125 Å². The maximum absolute atomic E-state index is 12.6. The molecule has 0 bridgehead atoms. The van der Waals surface area contributed by atoms with E-state index in [-0.39, 0.29) is 16.8 Å². The van der Waals surface area contributed by atoms with E-state index in [2.05, 4.69) is 5.32 Å². The number of carbonyl (C=O) groups excluding carboxylic acids is 2. The number of thiocarbonyl (C=S) groups is 1. The van der Waals surface area contributed by atoms with Gasteiger partial charge in [0.05, 0.1) is 10.4 Å². The summed E-state index contributed by atoms with van der Waals surface area (Å²) in [6.07, 6.45) is 5.32. The minimum Gasteiger partial charge on any atom is -0.392 e. The highest BCUT2D eigenvalue weighted by Crippen LogP contribution is 2.36. The van der Waals surface area contributed by atoms with E-state index in [1.807, 2.05) is 13.8 Å². The molecule has 2 amide bonds. The van der Waals surface area contributed by atoms with Gasteiger partial charge in [0.25, 0.3) is 0 Å². The van der Waals surface area contributed by atoms with Crippen molar-refractivity contribution in [3.8, 4) is 0 Å². The average molecular weight is 299 g/mol. The van der Waals surface area contributed by atoms with Gasteiger partial charge in [0.1, 0.15) is 6.04 Å². The van der Waals surface area contributed by atoms with Crippen LogP contribution in [0.1, 0.15) is 52.4 Å². The van der Waals surface area contributed by atoms with Crippen LogP contribution in [0.15, 0.2) is 0 Å². The maximum atomic E-state index is 12.6. The number of carbonyl (C=O) groups is 2. The molecule has 114 valence electrons. The lowest BCUT2D eigenvalue weighted by atomic mass is 9.79. The first-order valence-electron chi connectivity index (χ1n) is 7.21.